The maximum Gasteiger partial charge on any atom is 0.410 e. The highest BCUT2D eigenvalue weighted by Crippen LogP contribution is 2.49. The molecule has 5 heterocycles. The van der Waals surface area contributed by atoms with Crippen molar-refractivity contribution in [2.75, 3.05) is 26.2 Å². The van der Waals surface area contributed by atoms with Gasteiger partial charge in [0.2, 0.25) is 48.9 Å². The lowest BCUT2D eigenvalue weighted by atomic mass is 10.0. The molecule has 0 aromatic rings. The largest absolute Gasteiger partial charge is 0.444 e. The first-order valence-corrected chi connectivity index (χ1v) is 37.3. The predicted octanol–water partition coefficient (Wildman–Crippen LogP) is 5.65. The van der Waals surface area contributed by atoms with Gasteiger partial charge in [0.1, 0.15) is 52.6 Å². The first-order valence-electron chi connectivity index (χ1n) is 33.9. The Morgan fingerprint density at radius 1 is 0.589 bits per heavy atom. The summed E-state index contributed by atoms with van der Waals surface area (Å²) in [6.45, 7) is 14.4. The van der Waals surface area contributed by atoms with Crippen molar-refractivity contribution in [1.29, 1.82) is 0 Å². The van der Waals surface area contributed by atoms with Crippen molar-refractivity contribution >= 4 is 90.6 Å². The maximum atomic E-state index is 14.2. The number of sulfonamides is 2. The van der Waals surface area contributed by atoms with E-state index < -0.39 is 154 Å². The van der Waals surface area contributed by atoms with Gasteiger partial charge in [0, 0.05) is 50.2 Å². The Kier molecular flexibility index (Phi) is 23.6. The van der Waals surface area contributed by atoms with Gasteiger partial charge in [-0.3, -0.25) is 43.0 Å². The molecule has 532 valence electrons. The van der Waals surface area contributed by atoms with Crippen LogP contribution < -0.4 is 30.7 Å². The minimum Gasteiger partial charge on any atom is -0.444 e. The number of hydrogen-bond donors (Lipinski definition) is 7. The molecular weight excluding hydrogens is 1290 g/mol. The van der Waals surface area contributed by atoms with Crippen LogP contribution in [0.1, 0.15) is 209 Å². The van der Waals surface area contributed by atoms with E-state index in [1.54, 1.807) is 60.3 Å². The quantitative estimate of drug-likeness (QED) is 0.0789. The zero-order valence-electron chi connectivity index (χ0n) is 56.2. The molecule has 0 unspecified atom stereocenters. The van der Waals surface area contributed by atoms with Crippen LogP contribution in [0.25, 0.3) is 0 Å². The number of aliphatic hydroxyl groups excluding tert-OH is 1. The molecule has 0 radical (unpaired) electrons. The average molecular weight is 1400 g/mol. The highest BCUT2D eigenvalue weighted by atomic mass is 35.5. The number of fused-ring (bicyclic) bond motifs is 4. The number of rotatable bonds is 10. The van der Waals surface area contributed by atoms with Crippen LogP contribution in [0.5, 0.6) is 0 Å². The molecule has 7 N–H and O–H groups in total. The summed E-state index contributed by atoms with van der Waals surface area (Å²) >= 11 is 5.25. The van der Waals surface area contributed by atoms with Crippen LogP contribution in [0.15, 0.2) is 24.3 Å². The van der Waals surface area contributed by atoms with Crippen molar-refractivity contribution in [3.63, 3.8) is 0 Å². The Morgan fingerprint density at radius 2 is 1.00 bits per heavy atom. The van der Waals surface area contributed by atoms with E-state index in [1.807, 2.05) is 24.3 Å². The van der Waals surface area contributed by atoms with E-state index in [1.165, 1.54) is 22.6 Å². The molecule has 30 heteroatoms. The summed E-state index contributed by atoms with van der Waals surface area (Å²) in [5.74, 6) is -4.62. The van der Waals surface area contributed by atoms with Crippen LogP contribution in [0.2, 0.25) is 0 Å². The second-order valence-electron chi connectivity index (χ2n) is 30.0. The molecule has 0 aromatic carbocycles. The number of ether oxygens (including phenoxy) is 3. The van der Waals surface area contributed by atoms with E-state index in [0.29, 0.717) is 77.3 Å². The van der Waals surface area contributed by atoms with E-state index in [4.69, 9.17) is 25.8 Å². The summed E-state index contributed by atoms with van der Waals surface area (Å²) in [7, 11) is -7.90. The number of aliphatic hydroxyl groups is 1. The smallest absolute Gasteiger partial charge is 0.410 e. The van der Waals surface area contributed by atoms with E-state index in [-0.39, 0.29) is 49.9 Å². The van der Waals surface area contributed by atoms with Crippen LogP contribution in [0.4, 0.5) is 14.4 Å². The summed E-state index contributed by atoms with van der Waals surface area (Å²) in [5.41, 5.74) is -4.56. The second kappa shape index (κ2) is 30.0. The summed E-state index contributed by atoms with van der Waals surface area (Å²) < 4.78 is 70.5. The van der Waals surface area contributed by atoms with Crippen LogP contribution in [-0.4, -0.2) is 190 Å². The van der Waals surface area contributed by atoms with E-state index >= 15 is 0 Å². The van der Waals surface area contributed by atoms with Gasteiger partial charge >= 0.3 is 18.3 Å². The summed E-state index contributed by atoms with van der Waals surface area (Å²) in [6.07, 6.45) is 18.4. The number of carbonyl (C=O) groups excluding carboxylic acids is 10. The fourth-order valence-corrected chi connectivity index (χ4v) is 15.8. The molecule has 3 saturated heterocycles. The molecule has 0 aromatic heterocycles. The molecule has 0 bridgehead atoms. The Labute approximate surface area is 563 Å². The molecule has 95 heavy (non-hydrogen) atoms. The monoisotopic (exact) mass is 1390 g/mol. The Hall–Kier alpha value is -6.07. The van der Waals surface area contributed by atoms with E-state index in [0.717, 1.165) is 51.4 Å². The summed E-state index contributed by atoms with van der Waals surface area (Å²) in [6, 6.07) is -4.21. The number of likely N-dealkylation sites (tertiary alicyclic amines) is 1. The van der Waals surface area contributed by atoms with Crippen LogP contribution in [0.3, 0.4) is 0 Å². The Morgan fingerprint density at radius 3 is 1.40 bits per heavy atom. The number of carbonyl (C=O) groups is 10. The van der Waals surface area contributed by atoms with Gasteiger partial charge in [-0.2, -0.15) is 0 Å². The molecule has 8 fully saturated rings. The van der Waals surface area contributed by atoms with Crippen LogP contribution >= 0.6 is 11.6 Å². The zero-order valence-corrected chi connectivity index (χ0v) is 58.6. The van der Waals surface area contributed by atoms with Crippen molar-refractivity contribution in [2.24, 2.45) is 17.8 Å². The number of allylic oxidation sites excluding steroid dienone is 2. The molecule has 10 atom stereocenters. The van der Waals surface area contributed by atoms with Gasteiger partial charge in [-0.05, 0) is 170 Å². The Bertz CT molecular complexity index is 3210. The SMILES string of the molecule is CC(C)(C)OC(=O)N[C@H]1CCCCC/C=C\[C@@H]2C[C@@]2(C(=O)NS(=O)(=O)C2(C)CC2)NC(=O)[C@@H]2C[C@@H](O)CN2C1=O.CC(C)(C)OC(=O)N[C@H]1CCCCC/C=C\[C@@H]2C[C@@]2(C(=O)NS(=O)(=O)C2(C)CC2)NC(=O)[C@@H]2C[C@@H](OC(=O)N3CCCC3)CN2C1=O.O=C(Cl)C1CCCC1. The highest BCUT2D eigenvalue weighted by Gasteiger charge is 2.65. The maximum absolute atomic E-state index is 14.2. The summed E-state index contributed by atoms with van der Waals surface area (Å²) in [4.78, 5) is 135. The Balaban J connectivity index is 0.000000219. The van der Waals surface area contributed by atoms with E-state index in [9.17, 15) is 69.9 Å². The number of nitrogens with one attached hydrogen (secondary N) is 6. The van der Waals surface area contributed by atoms with Gasteiger partial charge in [-0.25, -0.2) is 31.2 Å². The number of hydrogen-bond acceptors (Lipinski definition) is 18. The number of halogens is 1. The minimum absolute atomic E-state index is 0.0229. The highest BCUT2D eigenvalue weighted by molar-refractivity contribution is 7.92. The lowest BCUT2D eigenvalue weighted by Crippen LogP contribution is -2.58. The van der Waals surface area contributed by atoms with Gasteiger partial charge in [-0.15, -0.1) is 0 Å². The first-order chi connectivity index (χ1) is 44.4. The number of amides is 9. The standard InChI is InChI=1S/C32H49N5O9S.C27H42N4O8S.C6H9ClO/c1-30(2,3)46-28(41)33-23-13-9-7-5-6-8-12-21-19-32(21,27(40)35-47(43,44)31(4)14-15-31)34-25(38)24-18-22(20-37(24)26(23)39)45-29(42)36-16-10-11-17-36;1-25(2,3)39-24(36)28-19-11-9-7-5-6-8-10-17-15-27(17,23(35)30-40(37,38)26(4)12-13-26)29-21(33)20-14-18(32)16-31(20)22(19)34;7-6(8)5-3-1-2-4-5/h8,12,21-24H,5-7,9-11,13-20H2,1-4H3,(H,33,41)(H,34,38)(H,35,40);8,10,17-20,32H,5-7,9,11-16H2,1-4H3,(H,28,36)(H,29,33)(H,30,35);5H,1-4H2/b12-8-;10-8-;/t21-,22-,23+,24+,32-;17-,18-,19+,20+,27-;/m11./s1. The van der Waals surface area contributed by atoms with Gasteiger partial charge < -0.3 is 55.3 Å². The molecule has 10 aliphatic rings. The zero-order chi connectivity index (χ0) is 69.7. The third-order valence-electron chi connectivity index (χ3n) is 19.7. The summed E-state index contributed by atoms with van der Waals surface area (Å²) in [5, 5.41) is 21.2. The van der Waals surface area contributed by atoms with Crippen molar-refractivity contribution in [3.05, 3.63) is 24.3 Å². The van der Waals surface area contributed by atoms with Crippen molar-refractivity contribution < 1.29 is 84.1 Å². The van der Waals surface area contributed by atoms with Gasteiger partial charge in [-0.1, -0.05) is 62.8 Å². The molecule has 5 saturated carbocycles. The molecule has 10 rings (SSSR count). The third-order valence-corrected chi connectivity index (χ3v) is 24.3. The number of alkyl carbamates (subject to hydrolysis) is 2. The molecule has 5 aliphatic carbocycles. The molecule has 5 aliphatic heterocycles. The lowest BCUT2D eigenvalue weighted by Gasteiger charge is -2.30. The van der Waals surface area contributed by atoms with Crippen molar-refractivity contribution in [2.45, 2.75) is 278 Å². The fourth-order valence-electron chi connectivity index (χ4n) is 13.0. The topological polar surface area (TPSA) is 369 Å². The average Bonchev–Trinajstić information content (AvgIpc) is 1.57. The first kappa shape index (κ1) is 74.7. The lowest BCUT2D eigenvalue weighted by molar-refractivity contribution is -0.141. The van der Waals surface area contributed by atoms with Gasteiger partial charge in [0.05, 0.1) is 22.1 Å². The predicted molar refractivity (Wildman–Crippen MR) is 348 cm³/mol. The molecule has 0 spiro atoms. The van der Waals surface area contributed by atoms with Crippen LogP contribution in [-0.2, 0) is 67.8 Å². The minimum atomic E-state index is -3.97. The fraction of sp³-hybridized carbons (Fsp3) is 0.785. The van der Waals surface area contributed by atoms with Gasteiger partial charge in [0.25, 0.3) is 11.8 Å². The van der Waals surface area contributed by atoms with Crippen LogP contribution in [0, 0.1) is 17.8 Å². The van der Waals surface area contributed by atoms with Crippen molar-refractivity contribution in [3.8, 4) is 0 Å². The number of nitrogens with zero attached hydrogens (tertiary/aromatic N) is 3. The normalized spacial score (nSPS) is 31.5. The molecule has 27 nitrogen and oxygen atoms in total. The molecule has 9 amide bonds. The van der Waals surface area contributed by atoms with Crippen molar-refractivity contribution in [1.82, 2.24) is 45.4 Å². The van der Waals surface area contributed by atoms with Gasteiger partial charge in [0.15, 0.2) is 0 Å². The third kappa shape index (κ3) is 19.2. The van der Waals surface area contributed by atoms with E-state index in [2.05, 4.69) is 30.7 Å². The molecular formula is C65H100ClN9O18S2. The second-order valence-corrected chi connectivity index (χ2v) is 34.7.